The summed E-state index contributed by atoms with van der Waals surface area (Å²) in [6, 6.07) is 16.3. The fourth-order valence-corrected chi connectivity index (χ4v) is 2.74. The van der Waals surface area contributed by atoms with Gasteiger partial charge in [0.15, 0.2) is 0 Å². The highest BCUT2D eigenvalue weighted by Gasteiger charge is 2.07. The molecular formula is C22H21F2N3O. The minimum atomic E-state index is -0.297. The monoisotopic (exact) mass is 381 g/mol. The lowest BCUT2D eigenvalue weighted by atomic mass is 10.1. The zero-order chi connectivity index (χ0) is 19.8. The Hall–Kier alpha value is -3.28. The van der Waals surface area contributed by atoms with Crippen LogP contribution in [0.3, 0.4) is 0 Å². The summed E-state index contributed by atoms with van der Waals surface area (Å²) in [6.45, 7) is 1.00. The predicted molar refractivity (Wildman–Crippen MR) is 105 cm³/mol. The smallest absolute Gasteiger partial charge is 0.269 e. The summed E-state index contributed by atoms with van der Waals surface area (Å²) in [5, 5.41) is 5.96. The van der Waals surface area contributed by atoms with Crippen molar-refractivity contribution in [2.75, 3.05) is 18.4 Å². The molecule has 4 nitrogen and oxygen atoms in total. The lowest BCUT2D eigenvalue weighted by Crippen LogP contribution is -2.26. The Balaban J connectivity index is 1.43. The molecule has 3 aromatic rings. The van der Waals surface area contributed by atoms with Gasteiger partial charge in [0.1, 0.15) is 17.3 Å². The first kappa shape index (κ1) is 19.5. The number of aromatic nitrogens is 1. The summed E-state index contributed by atoms with van der Waals surface area (Å²) in [4.78, 5) is 16.3. The molecule has 6 heteroatoms. The van der Waals surface area contributed by atoms with Crippen LogP contribution in [-0.4, -0.2) is 24.0 Å². The van der Waals surface area contributed by atoms with E-state index in [1.165, 1.54) is 18.2 Å². The van der Waals surface area contributed by atoms with E-state index in [1.807, 2.05) is 0 Å². The maximum absolute atomic E-state index is 13.6. The van der Waals surface area contributed by atoms with Gasteiger partial charge in [0.05, 0.1) is 11.9 Å². The quantitative estimate of drug-likeness (QED) is 0.620. The number of nitrogens with zero attached hydrogens (tertiary/aromatic N) is 1. The number of hydrogen-bond acceptors (Lipinski definition) is 3. The molecule has 0 aliphatic carbocycles. The van der Waals surface area contributed by atoms with Gasteiger partial charge >= 0.3 is 0 Å². The van der Waals surface area contributed by atoms with E-state index in [0.717, 1.165) is 17.7 Å². The molecule has 0 atom stereocenters. The highest BCUT2D eigenvalue weighted by molar-refractivity contribution is 5.92. The summed E-state index contributed by atoms with van der Waals surface area (Å²) >= 11 is 0. The average Bonchev–Trinajstić information content (AvgIpc) is 2.71. The summed E-state index contributed by atoms with van der Waals surface area (Å²) in [5.74, 6) is -0.816. The number of halogens is 2. The van der Waals surface area contributed by atoms with Crippen LogP contribution in [0.4, 0.5) is 14.5 Å². The van der Waals surface area contributed by atoms with E-state index in [1.54, 1.807) is 48.7 Å². The number of benzene rings is 2. The molecule has 3 rings (SSSR count). The molecule has 0 spiro atoms. The molecule has 1 amide bonds. The van der Waals surface area contributed by atoms with Crippen molar-refractivity contribution in [2.24, 2.45) is 0 Å². The highest BCUT2D eigenvalue weighted by atomic mass is 19.1. The van der Waals surface area contributed by atoms with Crippen molar-refractivity contribution in [3.63, 3.8) is 0 Å². The molecule has 1 heterocycles. The van der Waals surface area contributed by atoms with Gasteiger partial charge in [-0.05, 0) is 54.3 Å². The van der Waals surface area contributed by atoms with E-state index in [9.17, 15) is 13.6 Å². The summed E-state index contributed by atoms with van der Waals surface area (Å²) in [5.41, 5.74) is 2.70. The van der Waals surface area contributed by atoms with E-state index in [-0.39, 0.29) is 17.5 Å². The van der Waals surface area contributed by atoms with E-state index in [2.05, 4.69) is 15.6 Å². The Labute approximate surface area is 162 Å². The van der Waals surface area contributed by atoms with E-state index in [4.69, 9.17) is 0 Å². The van der Waals surface area contributed by atoms with Crippen LogP contribution in [0.25, 0.3) is 0 Å². The van der Waals surface area contributed by atoms with Crippen molar-refractivity contribution >= 4 is 11.6 Å². The SMILES string of the molecule is O=C(NCCc1ccccc1F)c1ccc(NCCc2ccc(F)cc2)cn1. The zero-order valence-corrected chi connectivity index (χ0v) is 15.3. The van der Waals surface area contributed by atoms with Gasteiger partial charge in [0.25, 0.3) is 5.91 Å². The lowest BCUT2D eigenvalue weighted by molar-refractivity contribution is 0.0949. The Kier molecular flexibility index (Phi) is 6.68. The average molecular weight is 381 g/mol. The van der Waals surface area contributed by atoms with Gasteiger partial charge in [0, 0.05) is 13.1 Å². The van der Waals surface area contributed by atoms with Crippen molar-refractivity contribution in [1.29, 1.82) is 0 Å². The van der Waals surface area contributed by atoms with Crippen molar-refractivity contribution < 1.29 is 13.6 Å². The molecule has 144 valence electrons. The lowest BCUT2D eigenvalue weighted by Gasteiger charge is -2.08. The second-order valence-electron chi connectivity index (χ2n) is 6.33. The van der Waals surface area contributed by atoms with Crippen LogP contribution in [0, 0.1) is 11.6 Å². The summed E-state index contributed by atoms with van der Waals surface area (Å²) < 4.78 is 26.4. The minimum absolute atomic E-state index is 0.247. The first-order valence-electron chi connectivity index (χ1n) is 9.08. The molecule has 0 saturated heterocycles. The summed E-state index contributed by atoms with van der Waals surface area (Å²) in [7, 11) is 0. The fraction of sp³-hybridized carbons (Fsp3) is 0.182. The summed E-state index contributed by atoms with van der Waals surface area (Å²) in [6.07, 6.45) is 2.76. The molecule has 28 heavy (non-hydrogen) atoms. The van der Waals surface area contributed by atoms with Gasteiger partial charge in [-0.15, -0.1) is 0 Å². The number of amides is 1. The fourth-order valence-electron chi connectivity index (χ4n) is 2.74. The normalized spacial score (nSPS) is 10.5. The van der Waals surface area contributed by atoms with Crippen LogP contribution in [0.2, 0.25) is 0 Å². The van der Waals surface area contributed by atoms with Crippen molar-refractivity contribution in [3.8, 4) is 0 Å². The van der Waals surface area contributed by atoms with Crippen molar-refractivity contribution in [3.05, 3.63) is 95.3 Å². The number of nitrogens with one attached hydrogen (secondary N) is 2. The van der Waals surface area contributed by atoms with Crippen LogP contribution in [-0.2, 0) is 12.8 Å². The Bertz CT molecular complexity index is 912. The Morgan fingerprint density at radius 1 is 0.893 bits per heavy atom. The zero-order valence-electron chi connectivity index (χ0n) is 15.3. The number of rotatable bonds is 8. The van der Waals surface area contributed by atoms with Crippen LogP contribution in [0.1, 0.15) is 21.6 Å². The molecule has 2 N–H and O–H groups in total. The maximum atomic E-state index is 13.6. The topological polar surface area (TPSA) is 54.0 Å². The second-order valence-corrected chi connectivity index (χ2v) is 6.33. The minimum Gasteiger partial charge on any atom is -0.383 e. The highest BCUT2D eigenvalue weighted by Crippen LogP contribution is 2.09. The van der Waals surface area contributed by atoms with Gasteiger partial charge in [-0.1, -0.05) is 30.3 Å². The molecular weight excluding hydrogens is 360 g/mol. The molecule has 1 aromatic heterocycles. The number of anilines is 1. The Morgan fingerprint density at radius 2 is 1.68 bits per heavy atom. The van der Waals surface area contributed by atoms with Crippen molar-refractivity contribution in [1.82, 2.24) is 10.3 Å². The molecule has 0 aliphatic rings. The largest absolute Gasteiger partial charge is 0.383 e. The number of carbonyl (C=O) groups excluding carboxylic acids is 1. The van der Waals surface area contributed by atoms with Gasteiger partial charge in [-0.25, -0.2) is 13.8 Å². The first-order valence-corrected chi connectivity index (χ1v) is 9.08. The van der Waals surface area contributed by atoms with Gasteiger partial charge < -0.3 is 10.6 Å². The van der Waals surface area contributed by atoms with Crippen LogP contribution in [0.5, 0.6) is 0 Å². The second kappa shape index (κ2) is 9.60. The maximum Gasteiger partial charge on any atom is 0.269 e. The van der Waals surface area contributed by atoms with Crippen molar-refractivity contribution in [2.45, 2.75) is 12.8 Å². The molecule has 0 fully saturated rings. The number of carbonyl (C=O) groups is 1. The molecule has 0 unspecified atom stereocenters. The number of pyridine rings is 1. The molecule has 0 saturated carbocycles. The van der Waals surface area contributed by atoms with Gasteiger partial charge in [0.2, 0.25) is 0 Å². The van der Waals surface area contributed by atoms with Gasteiger partial charge in [-0.3, -0.25) is 4.79 Å². The van der Waals surface area contributed by atoms with E-state index in [0.29, 0.717) is 30.8 Å². The third kappa shape index (κ3) is 5.61. The predicted octanol–water partition coefficient (Wildman–Crippen LogP) is 3.99. The molecule has 0 radical (unpaired) electrons. The van der Waals surface area contributed by atoms with E-state index >= 15 is 0 Å². The third-order valence-corrected chi connectivity index (χ3v) is 4.29. The van der Waals surface area contributed by atoms with Gasteiger partial charge in [-0.2, -0.15) is 0 Å². The van der Waals surface area contributed by atoms with E-state index < -0.39 is 0 Å². The number of hydrogen-bond donors (Lipinski definition) is 2. The third-order valence-electron chi connectivity index (χ3n) is 4.29. The first-order chi connectivity index (χ1) is 13.6. The molecule has 0 bridgehead atoms. The molecule has 0 aliphatic heterocycles. The van der Waals surface area contributed by atoms with Crippen LogP contribution < -0.4 is 10.6 Å². The van der Waals surface area contributed by atoms with Crippen LogP contribution in [0.15, 0.2) is 66.9 Å². The Morgan fingerprint density at radius 3 is 2.39 bits per heavy atom. The molecule has 2 aromatic carbocycles. The van der Waals surface area contributed by atoms with Crippen LogP contribution >= 0.6 is 0 Å². The standard InChI is InChI=1S/C22H21F2N3O/c23-18-7-5-16(6-8-18)11-13-25-19-9-10-21(27-15-19)22(28)26-14-12-17-3-1-2-4-20(17)24/h1-10,15,25H,11-14H2,(H,26,28).